The Morgan fingerprint density at radius 1 is 1.13 bits per heavy atom. The van der Waals surface area contributed by atoms with Gasteiger partial charge in [-0.05, 0) is 37.4 Å². The molecule has 1 aromatic carbocycles. The number of aliphatic imine (C=N–C) groups is 1. The molecular formula is C21H31F3N4O2. The normalized spacial score (nSPS) is 20.8. The number of nitrogens with two attached hydrogens (primary N) is 1. The number of nitrogens with zero attached hydrogens (tertiary/aromatic N) is 2. The maximum absolute atomic E-state index is 13.2. The van der Waals surface area contributed by atoms with Gasteiger partial charge in [0.1, 0.15) is 0 Å². The third kappa shape index (κ3) is 6.33. The fourth-order valence-electron chi connectivity index (χ4n) is 3.96. The lowest BCUT2D eigenvalue weighted by Crippen LogP contribution is -2.40. The van der Waals surface area contributed by atoms with Crippen molar-refractivity contribution in [3.05, 3.63) is 35.4 Å². The molecule has 3 N–H and O–H groups in total. The van der Waals surface area contributed by atoms with Crippen LogP contribution in [0.1, 0.15) is 30.4 Å². The standard InChI is InChI=1S/C21H31F3N4O2/c22-21(23,24)18-4-1-3-17(15-18)20(5-11-29-12-6-20)16-27-19(25)26-7-2-8-28-9-13-30-14-10-28/h1,3-4,15H,2,5-14,16H2,(H3,25,26,27). The van der Waals surface area contributed by atoms with Crippen LogP contribution >= 0.6 is 0 Å². The second-order valence-corrected chi connectivity index (χ2v) is 7.91. The highest BCUT2D eigenvalue weighted by atomic mass is 19.4. The molecule has 1 aromatic rings. The fraction of sp³-hybridized carbons (Fsp3) is 0.667. The summed E-state index contributed by atoms with van der Waals surface area (Å²) in [6.07, 6.45) is -2.21. The molecule has 168 valence electrons. The van der Waals surface area contributed by atoms with Crippen LogP contribution in [0.25, 0.3) is 0 Å². The van der Waals surface area contributed by atoms with Crippen molar-refractivity contribution in [1.29, 1.82) is 0 Å². The van der Waals surface area contributed by atoms with Crippen molar-refractivity contribution in [2.45, 2.75) is 30.9 Å². The van der Waals surface area contributed by atoms with Crippen LogP contribution in [0.2, 0.25) is 0 Å². The third-order valence-corrected chi connectivity index (χ3v) is 5.87. The predicted octanol–water partition coefficient (Wildman–Crippen LogP) is 2.38. The highest BCUT2D eigenvalue weighted by Gasteiger charge is 2.37. The van der Waals surface area contributed by atoms with E-state index in [2.05, 4.69) is 15.2 Å². The largest absolute Gasteiger partial charge is 0.416 e. The molecule has 0 saturated carbocycles. The lowest BCUT2D eigenvalue weighted by molar-refractivity contribution is -0.137. The molecule has 0 spiro atoms. The van der Waals surface area contributed by atoms with Crippen molar-refractivity contribution < 1.29 is 22.6 Å². The molecule has 0 radical (unpaired) electrons. The minimum atomic E-state index is -4.37. The Kier molecular flexibility index (Phi) is 7.96. The predicted molar refractivity (Wildman–Crippen MR) is 110 cm³/mol. The second kappa shape index (κ2) is 10.5. The zero-order valence-electron chi connectivity index (χ0n) is 17.2. The van der Waals surface area contributed by atoms with Crippen LogP contribution in [0.15, 0.2) is 29.3 Å². The van der Waals surface area contributed by atoms with Crippen LogP contribution < -0.4 is 11.1 Å². The third-order valence-electron chi connectivity index (χ3n) is 5.87. The molecule has 0 atom stereocenters. The Labute approximate surface area is 175 Å². The molecule has 2 aliphatic rings. The van der Waals surface area contributed by atoms with Crippen LogP contribution in [0, 0.1) is 0 Å². The molecule has 0 aromatic heterocycles. The van der Waals surface area contributed by atoms with Gasteiger partial charge in [0.2, 0.25) is 0 Å². The maximum Gasteiger partial charge on any atom is 0.416 e. The molecule has 0 bridgehead atoms. The quantitative estimate of drug-likeness (QED) is 0.396. The van der Waals surface area contributed by atoms with Gasteiger partial charge in [-0.3, -0.25) is 9.89 Å². The van der Waals surface area contributed by atoms with E-state index in [1.165, 1.54) is 12.1 Å². The molecule has 2 saturated heterocycles. The van der Waals surface area contributed by atoms with Crippen LogP contribution in [-0.4, -0.2) is 70.0 Å². The smallest absolute Gasteiger partial charge is 0.381 e. The molecule has 0 amide bonds. The van der Waals surface area contributed by atoms with Crippen LogP contribution in [0.3, 0.4) is 0 Å². The van der Waals surface area contributed by atoms with E-state index in [0.29, 0.717) is 50.7 Å². The van der Waals surface area contributed by atoms with Gasteiger partial charge in [0, 0.05) is 38.3 Å². The van der Waals surface area contributed by atoms with E-state index in [4.69, 9.17) is 15.2 Å². The van der Waals surface area contributed by atoms with Crippen LogP contribution in [0.4, 0.5) is 13.2 Å². The minimum absolute atomic E-state index is 0.329. The van der Waals surface area contributed by atoms with Crippen molar-refractivity contribution in [1.82, 2.24) is 10.2 Å². The first-order valence-corrected chi connectivity index (χ1v) is 10.5. The van der Waals surface area contributed by atoms with Crippen molar-refractivity contribution in [3.8, 4) is 0 Å². The monoisotopic (exact) mass is 428 g/mol. The number of ether oxygens (including phenoxy) is 2. The van der Waals surface area contributed by atoms with Crippen LogP contribution in [-0.2, 0) is 21.1 Å². The SMILES string of the molecule is NC(=NCC1(c2cccc(C(F)(F)F)c2)CCOCC1)NCCCN1CCOCC1. The Balaban J connectivity index is 1.59. The summed E-state index contributed by atoms with van der Waals surface area (Å²) >= 11 is 0. The number of guanidine groups is 1. The zero-order valence-corrected chi connectivity index (χ0v) is 17.2. The van der Waals surface area contributed by atoms with E-state index in [9.17, 15) is 13.2 Å². The summed E-state index contributed by atoms with van der Waals surface area (Å²) in [4.78, 5) is 6.84. The highest BCUT2D eigenvalue weighted by molar-refractivity contribution is 5.77. The number of morpholine rings is 1. The molecule has 2 fully saturated rings. The summed E-state index contributed by atoms with van der Waals surface area (Å²) in [6, 6.07) is 5.56. The van der Waals surface area contributed by atoms with E-state index in [-0.39, 0.29) is 0 Å². The first-order valence-electron chi connectivity index (χ1n) is 10.5. The molecule has 2 heterocycles. The average molecular weight is 428 g/mol. The zero-order chi connectivity index (χ0) is 21.5. The number of benzene rings is 1. The van der Waals surface area contributed by atoms with E-state index in [1.807, 2.05) is 0 Å². The van der Waals surface area contributed by atoms with Crippen molar-refractivity contribution in [3.63, 3.8) is 0 Å². The van der Waals surface area contributed by atoms with E-state index in [1.54, 1.807) is 6.07 Å². The Morgan fingerprint density at radius 2 is 1.83 bits per heavy atom. The summed E-state index contributed by atoms with van der Waals surface area (Å²) in [6.45, 7) is 6.45. The Morgan fingerprint density at radius 3 is 2.53 bits per heavy atom. The molecule has 2 aliphatic heterocycles. The maximum atomic E-state index is 13.2. The average Bonchev–Trinajstić information content (AvgIpc) is 2.76. The molecule has 30 heavy (non-hydrogen) atoms. The van der Waals surface area contributed by atoms with Gasteiger partial charge in [-0.2, -0.15) is 13.2 Å². The first kappa shape index (κ1) is 22.8. The van der Waals surface area contributed by atoms with Crippen LogP contribution in [0.5, 0.6) is 0 Å². The summed E-state index contributed by atoms with van der Waals surface area (Å²) in [5.41, 5.74) is 5.55. The van der Waals surface area contributed by atoms with E-state index < -0.39 is 17.2 Å². The molecule has 9 heteroatoms. The number of alkyl halides is 3. The van der Waals surface area contributed by atoms with E-state index in [0.717, 1.165) is 45.3 Å². The lowest BCUT2D eigenvalue weighted by atomic mass is 9.74. The molecular weight excluding hydrogens is 397 g/mol. The molecule has 0 unspecified atom stereocenters. The molecule has 0 aliphatic carbocycles. The van der Waals surface area contributed by atoms with Gasteiger partial charge in [-0.15, -0.1) is 0 Å². The number of nitrogens with one attached hydrogen (secondary N) is 1. The lowest BCUT2D eigenvalue weighted by Gasteiger charge is -2.37. The second-order valence-electron chi connectivity index (χ2n) is 7.91. The van der Waals surface area contributed by atoms with E-state index >= 15 is 0 Å². The molecule has 3 rings (SSSR count). The van der Waals surface area contributed by atoms with Gasteiger partial charge in [0.25, 0.3) is 0 Å². The van der Waals surface area contributed by atoms with Gasteiger partial charge in [0.05, 0.1) is 25.3 Å². The Bertz CT molecular complexity index is 700. The van der Waals surface area contributed by atoms with Gasteiger partial charge >= 0.3 is 6.18 Å². The summed E-state index contributed by atoms with van der Waals surface area (Å²) in [5.74, 6) is 0.329. The number of hydrogen-bond donors (Lipinski definition) is 2. The highest BCUT2D eigenvalue weighted by Crippen LogP contribution is 2.38. The summed E-state index contributed by atoms with van der Waals surface area (Å²) < 4.78 is 50.4. The van der Waals surface area contributed by atoms with Crippen molar-refractivity contribution >= 4 is 5.96 Å². The number of hydrogen-bond acceptors (Lipinski definition) is 4. The van der Waals surface area contributed by atoms with Gasteiger partial charge in [-0.25, -0.2) is 0 Å². The van der Waals surface area contributed by atoms with Gasteiger partial charge in [0.15, 0.2) is 5.96 Å². The molecule has 6 nitrogen and oxygen atoms in total. The number of rotatable bonds is 7. The topological polar surface area (TPSA) is 72.1 Å². The van der Waals surface area contributed by atoms with Crippen molar-refractivity contribution in [2.24, 2.45) is 10.7 Å². The minimum Gasteiger partial charge on any atom is -0.381 e. The van der Waals surface area contributed by atoms with Crippen molar-refractivity contribution in [2.75, 3.05) is 59.2 Å². The van der Waals surface area contributed by atoms with Gasteiger partial charge < -0.3 is 20.5 Å². The summed E-state index contributed by atoms with van der Waals surface area (Å²) in [5, 5.41) is 3.12. The van der Waals surface area contributed by atoms with Gasteiger partial charge in [-0.1, -0.05) is 18.2 Å². The summed E-state index contributed by atoms with van der Waals surface area (Å²) in [7, 11) is 0. The fourth-order valence-corrected chi connectivity index (χ4v) is 3.96. The number of halogens is 3. The Hall–Kier alpha value is -1.84. The first-order chi connectivity index (χ1) is 14.4.